The van der Waals surface area contributed by atoms with Gasteiger partial charge in [0, 0.05) is 35.5 Å². The first-order valence-corrected chi connectivity index (χ1v) is 12.7. The molecular formula is C23H38N2O4S2. The zero-order valence-corrected chi connectivity index (χ0v) is 21.4. The third-order valence-corrected chi connectivity index (χ3v) is 7.63. The summed E-state index contributed by atoms with van der Waals surface area (Å²) in [6, 6.07) is -0.471. The fourth-order valence-electron chi connectivity index (χ4n) is 4.28. The lowest BCUT2D eigenvalue weighted by Gasteiger charge is -2.32. The molecule has 2 atom stereocenters. The van der Waals surface area contributed by atoms with Gasteiger partial charge in [-0.3, -0.25) is 28.8 Å². The summed E-state index contributed by atoms with van der Waals surface area (Å²) in [4.78, 5) is 51.8. The number of amides is 2. The molecule has 1 aliphatic carbocycles. The van der Waals surface area contributed by atoms with Gasteiger partial charge in [0.05, 0.1) is 6.04 Å². The summed E-state index contributed by atoms with van der Waals surface area (Å²) in [6.45, 7) is 11.9. The third kappa shape index (κ3) is 6.81. The molecule has 1 unspecified atom stereocenters. The van der Waals surface area contributed by atoms with Crippen LogP contribution in [0.3, 0.4) is 0 Å². The molecule has 1 saturated carbocycles. The van der Waals surface area contributed by atoms with Gasteiger partial charge in [-0.15, -0.1) is 0 Å². The monoisotopic (exact) mass is 470 g/mol. The molecule has 2 rings (SSSR count). The number of nitrogens with zero attached hydrogens (tertiary/aromatic N) is 1. The van der Waals surface area contributed by atoms with Gasteiger partial charge in [-0.1, -0.05) is 53.5 Å². The van der Waals surface area contributed by atoms with E-state index in [4.69, 9.17) is 0 Å². The number of Topliss-reactive ketones (excluding diaryl/α,β-unsaturated/α-hetero) is 2. The number of rotatable bonds is 8. The van der Waals surface area contributed by atoms with Crippen LogP contribution in [0.1, 0.15) is 73.6 Å². The number of ketones is 2. The minimum absolute atomic E-state index is 0.0326. The summed E-state index contributed by atoms with van der Waals surface area (Å²) < 4.78 is 3.08. The summed E-state index contributed by atoms with van der Waals surface area (Å²) in [7, 11) is 0. The zero-order valence-electron chi connectivity index (χ0n) is 19.7. The molecule has 0 bridgehead atoms. The van der Waals surface area contributed by atoms with Gasteiger partial charge in [-0.05, 0) is 31.6 Å². The zero-order chi connectivity index (χ0) is 23.6. The van der Waals surface area contributed by atoms with Crippen molar-refractivity contribution in [1.29, 1.82) is 0 Å². The van der Waals surface area contributed by atoms with E-state index in [1.54, 1.807) is 0 Å². The Labute approximate surface area is 196 Å². The Morgan fingerprint density at radius 1 is 1.06 bits per heavy atom. The van der Waals surface area contributed by atoms with Crippen molar-refractivity contribution < 1.29 is 19.2 Å². The van der Waals surface area contributed by atoms with Gasteiger partial charge in [-0.25, -0.2) is 0 Å². The van der Waals surface area contributed by atoms with Crippen LogP contribution in [0.25, 0.3) is 0 Å². The topological polar surface area (TPSA) is 83.6 Å². The van der Waals surface area contributed by atoms with Crippen LogP contribution in [0.15, 0.2) is 0 Å². The molecule has 0 radical (unpaired) electrons. The normalized spacial score (nSPS) is 26.3. The summed E-state index contributed by atoms with van der Waals surface area (Å²) in [5, 5.41) is -0.513. The minimum atomic E-state index is -0.513. The first-order chi connectivity index (χ1) is 14.3. The molecule has 176 valence electrons. The average molecular weight is 471 g/mol. The van der Waals surface area contributed by atoms with Crippen molar-refractivity contribution in [2.75, 3.05) is 12.3 Å². The smallest absolute Gasteiger partial charge is 0.244 e. The molecule has 2 amide bonds. The van der Waals surface area contributed by atoms with E-state index in [2.05, 4.69) is 17.4 Å². The molecule has 1 aliphatic heterocycles. The second-order valence-corrected chi connectivity index (χ2v) is 12.4. The molecule has 2 fully saturated rings. The molecule has 0 aromatic heterocycles. The lowest BCUT2D eigenvalue weighted by Crippen LogP contribution is -2.43. The van der Waals surface area contributed by atoms with Crippen molar-refractivity contribution >= 4 is 48.0 Å². The van der Waals surface area contributed by atoms with Gasteiger partial charge in [0.2, 0.25) is 11.8 Å². The molecule has 2 aliphatic rings. The molecule has 0 spiro atoms. The Balaban J connectivity index is 1.87. The van der Waals surface area contributed by atoms with E-state index in [1.807, 2.05) is 41.5 Å². The van der Waals surface area contributed by atoms with Crippen LogP contribution in [0.4, 0.5) is 0 Å². The van der Waals surface area contributed by atoms with Gasteiger partial charge in [0.1, 0.15) is 11.0 Å². The van der Waals surface area contributed by atoms with Crippen LogP contribution in [-0.2, 0) is 19.2 Å². The van der Waals surface area contributed by atoms with Crippen LogP contribution in [0.2, 0.25) is 0 Å². The van der Waals surface area contributed by atoms with E-state index in [0.717, 1.165) is 25.7 Å². The van der Waals surface area contributed by atoms with Crippen LogP contribution < -0.4 is 4.72 Å². The van der Waals surface area contributed by atoms with E-state index >= 15 is 0 Å². The summed E-state index contributed by atoms with van der Waals surface area (Å²) >= 11 is 5.43. The highest BCUT2D eigenvalue weighted by atomic mass is 32.2. The van der Waals surface area contributed by atoms with Crippen molar-refractivity contribution in [1.82, 2.24) is 9.62 Å². The Morgan fingerprint density at radius 3 is 2.13 bits per heavy atom. The van der Waals surface area contributed by atoms with Crippen molar-refractivity contribution in [2.45, 2.75) is 84.9 Å². The fraction of sp³-hybridized carbons (Fsp3) is 0.826. The molecule has 1 heterocycles. The number of carbonyl (C=O) groups excluding carboxylic acids is 4. The van der Waals surface area contributed by atoms with Crippen molar-refractivity contribution in [2.24, 2.45) is 22.7 Å². The molecule has 31 heavy (non-hydrogen) atoms. The molecular weight excluding hydrogens is 432 g/mol. The molecule has 6 nitrogen and oxygen atoms in total. The number of thiol groups is 1. The van der Waals surface area contributed by atoms with Crippen molar-refractivity contribution in [3.63, 3.8) is 0 Å². The Hall–Kier alpha value is -0.860. The average Bonchev–Trinajstić information content (AvgIpc) is 2.94. The van der Waals surface area contributed by atoms with Crippen molar-refractivity contribution in [3.8, 4) is 0 Å². The van der Waals surface area contributed by atoms with Crippen molar-refractivity contribution in [3.05, 3.63) is 0 Å². The summed E-state index contributed by atoms with van der Waals surface area (Å²) in [5.74, 6) is 0.681. The number of likely N-dealkylation sites (tertiary alicyclic amines) is 1. The first kappa shape index (κ1) is 26.4. The predicted octanol–water partition coefficient (Wildman–Crippen LogP) is 3.69. The molecule has 8 heteroatoms. The van der Waals surface area contributed by atoms with E-state index in [9.17, 15) is 19.2 Å². The highest BCUT2D eigenvalue weighted by Gasteiger charge is 2.42. The van der Waals surface area contributed by atoms with E-state index in [1.165, 1.54) is 16.8 Å². The third-order valence-electron chi connectivity index (χ3n) is 6.19. The molecule has 0 aromatic carbocycles. The highest BCUT2D eigenvalue weighted by Crippen LogP contribution is 2.35. The van der Waals surface area contributed by atoms with Crippen LogP contribution in [-0.4, -0.2) is 51.9 Å². The Bertz CT molecular complexity index is 703. The van der Waals surface area contributed by atoms with Gasteiger partial charge >= 0.3 is 0 Å². The van der Waals surface area contributed by atoms with E-state index in [0.29, 0.717) is 18.1 Å². The number of hydrogen-bond donors (Lipinski definition) is 2. The van der Waals surface area contributed by atoms with Crippen LogP contribution in [0, 0.1) is 22.7 Å². The predicted molar refractivity (Wildman–Crippen MR) is 128 cm³/mol. The minimum Gasteiger partial charge on any atom is -0.299 e. The second kappa shape index (κ2) is 10.4. The van der Waals surface area contributed by atoms with Gasteiger partial charge in [0.15, 0.2) is 5.78 Å². The highest BCUT2D eigenvalue weighted by molar-refractivity contribution is 7.98. The second-order valence-electron chi connectivity index (χ2n) is 11.0. The first-order valence-electron chi connectivity index (χ1n) is 11.2. The van der Waals surface area contributed by atoms with Crippen LogP contribution >= 0.6 is 24.6 Å². The lowest BCUT2D eigenvalue weighted by molar-refractivity contribution is -0.140. The number of imide groups is 1. The number of hydrogen-bond acceptors (Lipinski definition) is 7. The largest absolute Gasteiger partial charge is 0.299 e. The Kier molecular flexibility index (Phi) is 8.84. The lowest BCUT2D eigenvalue weighted by atomic mass is 9.73. The maximum Gasteiger partial charge on any atom is 0.244 e. The van der Waals surface area contributed by atoms with Gasteiger partial charge in [0.25, 0.3) is 0 Å². The van der Waals surface area contributed by atoms with E-state index in [-0.39, 0.29) is 41.3 Å². The molecule has 1 N–H and O–H groups in total. The van der Waals surface area contributed by atoms with Crippen LogP contribution in [0.5, 0.6) is 0 Å². The molecule has 1 saturated heterocycles. The van der Waals surface area contributed by atoms with Gasteiger partial charge < -0.3 is 0 Å². The maximum absolute atomic E-state index is 12.8. The fourth-order valence-corrected chi connectivity index (χ4v) is 5.63. The quantitative estimate of drug-likeness (QED) is 0.320. The number of carbonyl (C=O) groups is 4. The summed E-state index contributed by atoms with van der Waals surface area (Å²) in [6.07, 6.45) is 3.53. The van der Waals surface area contributed by atoms with E-state index < -0.39 is 16.7 Å². The molecule has 0 aromatic rings. The SMILES string of the molecule is CC(C)(C)C(=O)C1CCC(CN2C(=O)CC(SN[C@@H](CS)C(=O)C(C)(C)C)C2=O)CC1. The summed E-state index contributed by atoms with van der Waals surface area (Å²) in [5.41, 5.74) is -0.829. The standard InChI is InChI=1S/C23H38N2O4S2/c1-22(2,3)19(27)15-9-7-14(8-10-15)12-25-18(26)11-17(21(25)29)31-24-16(13-30)20(28)23(4,5)6/h14-17,24,30H,7-13H2,1-6H3/t14?,15?,16-,17?/m0/s1. The van der Waals surface area contributed by atoms with Gasteiger partial charge in [-0.2, -0.15) is 12.6 Å². The maximum atomic E-state index is 12.8. The Morgan fingerprint density at radius 2 is 1.65 bits per heavy atom. The number of nitrogens with one attached hydrogen (secondary N) is 1.